The number of benzene rings is 8. The number of aryl methyl sites for hydroxylation is 4. The van der Waals surface area contributed by atoms with Gasteiger partial charge in [-0.1, -0.05) is 137 Å². The third-order valence-corrected chi connectivity index (χ3v) is 24.5. The average Bonchev–Trinajstić information content (AvgIpc) is 1.63. The van der Waals surface area contributed by atoms with Crippen molar-refractivity contribution in [1.82, 2.24) is 48.3 Å². The van der Waals surface area contributed by atoms with Crippen molar-refractivity contribution in [1.29, 1.82) is 0 Å². The van der Waals surface area contributed by atoms with Crippen molar-refractivity contribution in [2.45, 2.75) is 114 Å². The first-order valence-electron chi connectivity index (χ1n) is 39.6. The fraction of sp³-hybridized carbons (Fsp3) is 0.283. The van der Waals surface area contributed by atoms with Crippen LogP contribution in [0.2, 0.25) is 5.02 Å². The fourth-order valence-electron chi connectivity index (χ4n) is 15.2. The van der Waals surface area contributed by atoms with Gasteiger partial charge in [0.1, 0.15) is 61.2 Å². The lowest BCUT2D eigenvalue weighted by Gasteiger charge is -2.35. The van der Waals surface area contributed by atoms with Crippen LogP contribution < -0.4 is 33.9 Å². The monoisotopic (exact) mass is 1710 g/mol. The summed E-state index contributed by atoms with van der Waals surface area (Å²) in [4.78, 5) is 109. The molecule has 8 aromatic carbocycles. The molecule has 0 saturated heterocycles. The number of aromatic nitrogens is 7. The molecule has 0 aliphatic carbocycles. The highest BCUT2D eigenvalue weighted by molar-refractivity contribution is 7.26. The highest BCUT2D eigenvalue weighted by Crippen LogP contribution is 2.40. The van der Waals surface area contributed by atoms with Crippen LogP contribution in [0.1, 0.15) is 152 Å². The number of furan rings is 1. The third kappa shape index (κ3) is 18.6. The van der Waals surface area contributed by atoms with Crippen molar-refractivity contribution in [3.63, 3.8) is 0 Å². The molecule has 7 aromatic heterocycles. The minimum absolute atomic E-state index is 0.0130. The predicted molar refractivity (Wildman–Crippen MR) is 473 cm³/mol. The van der Waals surface area contributed by atoms with E-state index in [4.69, 9.17) is 48.2 Å². The van der Waals surface area contributed by atoms with Crippen LogP contribution in [0.3, 0.4) is 0 Å². The van der Waals surface area contributed by atoms with Gasteiger partial charge in [0, 0.05) is 97.5 Å². The molecule has 3 atom stereocenters. The number of thiazole rings is 1. The Morgan fingerprint density at radius 1 is 0.488 bits per heavy atom. The second kappa shape index (κ2) is 37.7. The van der Waals surface area contributed by atoms with Crippen molar-refractivity contribution in [3.8, 4) is 0 Å². The van der Waals surface area contributed by atoms with E-state index in [-0.39, 0.29) is 129 Å². The lowest BCUT2D eigenvalue weighted by Crippen LogP contribution is -2.43. The van der Waals surface area contributed by atoms with E-state index in [2.05, 4.69) is 4.98 Å². The van der Waals surface area contributed by atoms with Gasteiger partial charge >= 0.3 is 0 Å². The van der Waals surface area contributed by atoms with Gasteiger partial charge in [-0.25, -0.2) is 37.5 Å². The largest absolute Gasteiger partial charge is 0.448 e. The number of amides is 3. The van der Waals surface area contributed by atoms with Crippen LogP contribution in [-0.2, 0) is 26.2 Å². The maximum Gasteiger partial charge on any atom is 0.297 e. The van der Waals surface area contributed by atoms with E-state index in [0.717, 1.165) is 42.4 Å². The topological polar surface area (TPSA) is 290 Å². The first-order chi connectivity index (χ1) is 58.0. The highest BCUT2D eigenvalue weighted by atomic mass is 35.5. The van der Waals surface area contributed by atoms with E-state index in [0.29, 0.717) is 81.1 Å². The van der Waals surface area contributed by atoms with Gasteiger partial charge < -0.3 is 41.4 Å². The number of carbonyl (C=O) groups excluding carboxylic acids is 3. The van der Waals surface area contributed by atoms with E-state index in [1.54, 1.807) is 106 Å². The summed E-state index contributed by atoms with van der Waals surface area (Å²) in [5.74, 6) is -2.14. The Kier molecular flexibility index (Phi) is 27.2. The van der Waals surface area contributed by atoms with Crippen LogP contribution in [0, 0.1) is 68.7 Å². The third-order valence-electron chi connectivity index (χ3n) is 21.1. The number of aliphatic hydroxyl groups is 1. The van der Waals surface area contributed by atoms with E-state index < -0.39 is 52.9 Å². The molecule has 7 heterocycles. The molecule has 0 aliphatic rings. The van der Waals surface area contributed by atoms with E-state index in [1.165, 1.54) is 90.5 Å². The van der Waals surface area contributed by atoms with Crippen molar-refractivity contribution in [2.24, 2.45) is 35.0 Å². The van der Waals surface area contributed by atoms with Gasteiger partial charge in [-0.2, -0.15) is 0 Å². The number of hydrogen-bond donors (Lipinski definition) is 4. The van der Waals surface area contributed by atoms with Crippen molar-refractivity contribution in [3.05, 3.63) is 313 Å². The van der Waals surface area contributed by atoms with Crippen LogP contribution in [0.15, 0.2) is 194 Å². The quantitative estimate of drug-likeness (QED) is 0.0387. The molecule has 3 amide bonds. The zero-order chi connectivity index (χ0) is 86.5. The van der Waals surface area contributed by atoms with Crippen LogP contribution in [0.25, 0.3) is 62.7 Å². The van der Waals surface area contributed by atoms with Gasteiger partial charge in [-0.15, -0.1) is 34.0 Å². The fourth-order valence-corrected chi connectivity index (χ4v) is 18.1. The smallest absolute Gasteiger partial charge is 0.297 e. The van der Waals surface area contributed by atoms with Crippen LogP contribution in [-0.4, -0.2) is 110 Å². The molecule has 121 heavy (non-hydrogen) atoms. The Morgan fingerprint density at radius 2 is 0.942 bits per heavy atom. The molecule has 0 radical (unpaired) electrons. The van der Waals surface area contributed by atoms with Crippen LogP contribution in [0.4, 0.5) is 17.6 Å². The molecule has 0 fully saturated rings. The van der Waals surface area contributed by atoms with E-state index in [9.17, 15) is 51.4 Å². The summed E-state index contributed by atoms with van der Waals surface area (Å²) in [5.41, 5.74) is 24.8. The normalized spacial score (nSPS) is 12.4. The summed E-state index contributed by atoms with van der Waals surface area (Å²) in [5, 5.41) is 14.5. The van der Waals surface area contributed by atoms with Crippen LogP contribution >= 0.6 is 45.6 Å². The van der Waals surface area contributed by atoms with Crippen molar-refractivity contribution >= 4 is 126 Å². The molecule has 0 saturated carbocycles. The molecular weight excluding hydrogens is 1620 g/mol. The molecule has 29 heteroatoms. The summed E-state index contributed by atoms with van der Waals surface area (Å²) >= 11 is 10.4. The summed E-state index contributed by atoms with van der Waals surface area (Å²) in [6, 6.07) is 44.4. The average molecular weight is 1720 g/mol. The molecular formula is C92H92ClF4N13O8S3. The van der Waals surface area contributed by atoms with Gasteiger partial charge in [-0.05, 0) is 159 Å². The maximum absolute atomic E-state index is 14.9. The molecule has 15 rings (SSSR count). The Labute approximate surface area is 711 Å². The zero-order valence-corrected chi connectivity index (χ0v) is 71.6. The molecule has 15 aromatic rings. The molecule has 7 N–H and O–H groups in total. The Morgan fingerprint density at radius 3 is 1.43 bits per heavy atom. The standard InChI is InChI=1S/C32H33FN4O4.C31H29ClF2N4O2S.C29H30FN5O2S2/c1-19(2)28(36(15-14-34)31(39)23-10-4-20(3)5-11-23)30-35-27-25-16-24(33)12-13-26(25)41-29(27)32(40)37(30)17-21-6-8-22(18-38)9-7-21;1-17(2)27(37(13-12-35)30(39)19-9-8-18(3)24(34)14-19)29-36-26-22-15-21(32)10-11-25(22)41-28(26)31(40)38(29)16-20-6-4-5-7-23(20)33;1-16(2)25(34(12-11-31)28(36)19-7-5-17(3)6-8-19)27-33-24-22-13-20(30)9-10-23(22)39-26(24)29(37)35(27)14-21-15-38-18(4)32-21/h4-13,16,19,28,38H,14-15,17-18,34H2,1-3H3;4-11,14-15,17,27H,12-13,16,35H2,1-3H3;5-10,13,15-16,25H,11-12,14,31H2,1-4H3. The Hall–Kier alpha value is -11.5. The SMILES string of the molecule is Cc1ccc(C(=O)N(CCN)C(c2nc3c(oc4ccc(F)cc43)c(=O)n2Cc2ccc(CO)cc2)C(C)C)cc1.Cc1ccc(C(=O)N(CCN)C(c2nc3c(sc4ccc(Cl)cc43)c(=O)n2Cc2ccccc2F)C(C)C)cc1F.Cc1ccc(C(=O)N(CCN)C(c2nc3c(sc4ccc(F)cc43)c(=O)n2Cc2csc(C)n2)C(C)C)cc1. The lowest BCUT2D eigenvalue weighted by molar-refractivity contribution is 0.0606. The summed E-state index contributed by atoms with van der Waals surface area (Å²) in [7, 11) is 0. The van der Waals surface area contributed by atoms with Gasteiger partial charge in [0.25, 0.3) is 34.4 Å². The number of carbonyl (C=O) groups is 3. The summed E-state index contributed by atoms with van der Waals surface area (Å²) in [6.45, 7) is 20.5. The van der Waals surface area contributed by atoms with Gasteiger partial charge in [0.2, 0.25) is 5.58 Å². The second-order valence-electron chi connectivity index (χ2n) is 30.9. The molecule has 626 valence electrons. The minimum Gasteiger partial charge on any atom is -0.448 e. The number of aliphatic hydroxyl groups excluding tert-OH is 1. The number of rotatable bonds is 25. The maximum atomic E-state index is 14.9. The van der Waals surface area contributed by atoms with Gasteiger partial charge in [0.15, 0.2) is 0 Å². The number of hydrogen-bond acceptors (Lipinski definition) is 18. The molecule has 0 aliphatic heterocycles. The van der Waals surface area contributed by atoms with E-state index >= 15 is 0 Å². The number of nitrogens with zero attached hydrogens (tertiary/aromatic N) is 10. The predicted octanol–water partition coefficient (Wildman–Crippen LogP) is 17.3. The first-order valence-corrected chi connectivity index (χ1v) is 42.5. The minimum atomic E-state index is -0.742. The highest BCUT2D eigenvalue weighted by Gasteiger charge is 2.38. The summed E-state index contributed by atoms with van der Waals surface area (Å²) < 4.78 is 70.8. The Balaban J connectivity index is 0.000000157. The Bertz CT molecular complexity index is 6560. The zero-order valence-electron chi connectivity index (χ0n) is 68.4. The number of nitrogens with two attached hydrogens (primary N) is 3. The van der Waals surface area contributed by atoms with Gasteiger partial charge in [-0.3, -0.25) is 42.5 Å². The second-order valence-corrected chi connectivity index (χ2v) is 34.5. The molecule has 3 unspecified atom stereocenters. The first kappa shape index (κ1) is 87.4. The summed E-state index contributed by atoms with van der Waals surface area (Å²) in [6.07, 6.45) is 0. The molecule has 21 nitrogen and oxygen atoms in total. The molecule has 0 spiro atoms. The lowest BCUT2D eigenvalue weighted by atomic mass is 9.99. The number of fused-ring (bicyclic) bond motifs is 9. The van der Waals surface area contributed by atoms with Crippen molar-refractivity contribution < 1.29 is 41.5 Å². The van der Waals surface area contributed by atoms with Crippen molar-refractivity contribution in [2.75, 3.05) is 39.3 Å². The number of thiophene rings is 2. The van der Waals surface area contributed by atoms with Gasteiger partial charge in [0.05, 0.1) is 66.1 Å². The number of halogens is 5. The van der Waals surface area contributed by atoms with E-state index in [1.807, 2.05) is 110 Å². The molecule has 0 bridgehead atoms. The van der Waals surface area contributed by atoms with Crippen LogP contribution in [0.5, 0.6) is 0 Å².